The maximum absolute atomic E-state index is 12.0. The number of methoxy groups -OCH3 is 1. The Hall–Kier alpha value is -3.22. The third kappa shape index (κ3) is 6.89. The van der Waals surface area contributed by atoms with Gasteiger partial charge in [-0.2, -0.15) is 0 Å². The second-order valence-electron chi connectivity index (χ2n) is 5.38. The van der Waals surface area contributed by atoms with Crippen molar-refractivity contribution in [3.63, 3.8) is 0 Å². The Bertz CT molecular complexity index is 727. The highest BCUT2D eigenvalue weighted by molar-refractivity contribution is 5.96. The van der Waals surface area contributed by atoms with Crippen LogP contribution in [-0.4, -0.2) is 45.4 Å². The van der Waals surface area contributed by atoms with E-state index in [0.29, 0.717) is 23.7 Å². The standard InChI is InChI=1S/C20H23NO6/c1-3-25-17-6-4-15(5-7-17)20(23)21-14-19(22)27-13-12-26-18-10-8-16(24-2)9-11-18/h4-11H,3,12-14H2,1-2H3,(H,21,23). The molecule has 2 aromatic rings. The van der Waals surface area contributed by atoms with Crippen LogP contribution in [-0.2, 0) is 9.53 Å². The van der Waals surface area contributed by atoms with Crippen molar-refractivity contribution in [2.45, 2.75) is 6.92 Å². The number of carbonyl (C=O) groups excluding carboxylic acids is 2. The minimum absolute atomic E-state index is 0.0871. The lowest BCUT2D eigenvalue weighted by Gasteiger charge is -2.09. The molecule has 0 radical (unpaired) electrons. The number of hydrogen-bond donors (Lipinski definition) is 1. The molecule has 1 amide bonds. The first-order chi connectivity index (χ1) is 13.1. The first-order valence-electron chi connectivity index (χ1n) is 8.56. The van der Waals surface area contributed by atoms with Crippen molar-refractivity contribution in [1.82, 2.24) is 5.32 Å². The van der Waals surface area contributed by atoms with Crippen LogP contribution in [0.2, 0.25) is 0 Å². The highest BCUT2D eigenvalue weighted by atomic mass is 16.6. The molecule has 144 valence electrons. The Labute approximate surface area is 158 Å². The lowest BCUT2D eigenvalue weighted by atomic mass is 10.2. The maximum Gasteiger partial charge on any atom is 0.325 e. The average Bonchev–Trinajstić information content (AvgIpc) is 2.70. The number of rotatable bonds is 10. The van der Waals surface area contributed by atoms with Crippen molar-refractivity contribution in [3.8, 4) is 17.2 Å². The molecule has 0 saturated heterocycles. The molecule has 0 unspecified atom stereocenters. The number of benzene rings is 2. The van der Waals surface area contributed by atoms with Crippen molar-refractivity contribution in [2.24, 2.45) is 0 Å². The van der Waals surface area contributed by atoms with Gasteiger partial charge < -0.3 is 24.3 Å². The Morgan fingerprint density at radius 1 is 0.852 bits per heavy atom. The van der Waals surface area contributed by atoms with Crippen molar-refractivity contribution < 1.29 is 28.5 Å². The smallest absolute Gasteiger partial charge is 0.325 e. The summed E-state index contributed by atoms with van der Waals surface area (Å²) in [6, 6.07) is 13.7. The van der Waals surface area contributed by atoms with Crippen LogP contribution in [0.3, 0.4) is 0 Å². The van der Waals surface area contributed by atoms with Crippen LogP contribution in [0.25, 0.3) is 0 Å². The molecule has 0 aliphatic heterocycles. The minimum atomic E-state index is -0.535. The van der Waals surface area contributed by atoms with Crippen molar-refractivity contribution in [3.05, 3.63) is 54.1 Å². The Balaban J connectivity index is 1.64. The van der Waals surface area contributed by atoms with E-state index in [4.69, 9.17) is 18.9 Å². The summed E-state index contributed by atoms with van der Waals surface area (Å²) in [5.41, 5.74) is 0.439. The first kappa shape index (κ1) is 20.1. The van der Waals surface area contributed by atoms with Gasteiger partial charge in [0.2, 0.25) is 0 Å². The van der Waals surface area contributed by atoms with E-state index in [1.807, 2.05) is 6.92 Å². The first-order valence-corrected chi connectivity index (χ1v) is 8.56. The zero-order valence-corrected chi connectivity index (χ0v) is 15.4. The average molecular weight is 373 g/mol. The van der Waals surface area contributed by atoms with Crippen molar-refractivity contribution in [1.29, 1.82) is 0 Å². The van der Waals surface area contributed by atoms with E-state index in [-0.39, 0.29) is 25.7 Å². The lowest BCUT2D eigenvalue weighted by Crippen LogP contribution is -2.31. The summed E-state index contributed by atoms with van der Waals surface area (Å²) in [5.74, 6) is 1.18. The monoisotopic (exact) mass is 373 g/mol. The van der Waals surface area contributed by atoms with Gasteiger partial charge in [-0.15, -0.1) is 0 Å². The molecule has 2 rings (SSSR count). The highest BCUT2D eigenvalue weighted by Gasteiger charge is 2.09. The van der Waals surface area contributed by atoms with Gasteiger partial charge in [-0.25, -0.2) is 0 Å². The van der Waals surface area contributed by atoms with Gasteiger partial charge in [0.25, 0.3) is 5.91 Å². The molecule has 0 spiro atoms. The number of amides is 1. The summed E-state index contributed by atoms with van der Waals surface area (Å²) in [7, 11) is 1.59. The summed E-state index contributed by atoms with van der Waals surface area (Å²) >= 11 is 0. The molecule has 0 aliphatic carbocycles. The molecule has 0 fully saturated rings. The van der Waals surface area contributed by atoms with Crippen LogP contribution in [0.15, 0.2) is 48.5 Å². The van der Waals surface area contributed by atoms with E-state index < -0.39 is 5.97 Å². The number of carbonyl (C=O) groups is 2. The third-order valence-corrected chi connectivity index (χ3v) is 3.50. The quantitative estimate of drug-likeness (QED) is 0.509. The molecule has 2 aromatic carbocycles. The fourth-order valence-electron chi connectivity index (χ4n) is 2.16. The van der Waals surface area contributed by atoms with E-state index in [2.05, 4.69) is 5.32 Å². The predicted molar refractivity (Wildman–Crippen MR) is 99.4 cm³/mol. The summed E-state index contributed by atoms with van der Waals surface area (Å²) in [4.78, 5) is 23.7. The van der Waals surface area contributed by atoms with Crippen LogP contribution in [0.5, 0.6) is 17.2 Å². The SMILES string of the molecule is CCOc1ccc(C(=O)NCC(=O)OCCOc2ccc(OC)cc2)cc1. The van der Waals surface area contributed by atoms with Gasteiger partial charge >= 0.3 is 5.97 Å². The lowest BCUT2D eigenvalue weighted by molar-refractivity contribution is -0.143. The van der Waals surface area contributed by atoms with E-state index in [1.165, 1.54) is 0 Å². The predicted octanol–water partition coefficient (Wildman–Crippen LogP) is 2.45. The molecular formula is C20H23NO6. The van der Waals surface area contributed by atoms with Gasteiger partial charge in [0.1, 0.15) is 37.0 Å². The normalized spacial score (nSPS) is 10.0. The molecule has 7 heteroatoms. The molecule has 0 atom stereocenters. The van der Waals surface area contributed by atoms with Gasteiger partial charge in [0, 0.05) is 5.56 Å². The molecule has 0 aromatic heterocycles. The highest BCUT2D eigenvalue weighted by Crippen LogP contribution is 2.16. The maximum atomic E-state index is 12.0. The largest absolute Gasteiger partial charge is 0.497 e. The molecule has 27 heavy (non-hydrogen) atoms. The van der Waals surface area contributed by atoms with Crippen molar-refractivity contribution in [2.75, 3.05) is 33.5 Å². The fourth-order valence-corrected chi connectivity index (χ4v) is 2.16. The molecule has 7 nitrogen and oxygen atoms in total. The zero-order chi connectivity index (χ0) is 19.5. The van der Waals surface area contributed by atoms with Gasteiger partial charge in [-0.05, 0) is 55.5 Å². The van der Waals surface area contributed by atoms with E-state index in [0.717, 1.165) is 5.75 Å². The minimum Gasteiger partial charge on any atom is -0.497 e. The topological polar surface area (TPSA) is 83.1 Å². The van der Waals surface area contributed by atoms with E-state index >= 15 is 0 Å². The van der Waals surface area contributed by atoms with Crippen LogP contribution in [0, 0.1) is 0 Å². The third-order valence-electron chi connectivity index (χ3n) is 3.50. The van der Waals surface area contributed by atoms with E-state index in [9.17, 15) is 9.59 Å². The molecule has 1 N–H and O–H groups in total. The second-order valence-corrected chi connectivity index (χ2v) is 5.38. The summed E-state index contributed by atoms with van der Waals surface area (Å²) in [6.45, 7) is 2.52. The number of ether oxygens (including phenoxy) is 4. The van der Waals surface area contributed by atoms with Gasteiger partial charge in [-0.3, -0.25) is 9.59 Å². The van der Waals surface area contributed by atoms with Crippen LogP contribution >= 0.6 is 0 Å². The number of esters is 1. The summed E-state index contributed by atoms with van der Waals surface area (Å²) in [6.07, 6.45) is 0. The molecule has 0 heterocycles. The summed E-state index contributed by atoms with van der Waals surface area (Å²) < 4.78 is 20.8. The zero-order valence-electron chi connectivity index (χ0n) is 15.4. The molecule has 0 saturated carbocycles. The van der Waals surface area contributed by atoms with Crippen molar-refractivity contribution >= 4 is 11.9 Å². The Morgan fingerprint density at radius 2 is 1.44 bits per heavy atom. The number of hydrogen-bond acceptors (Lipinski definition) is 6. The molecule has 0 aliphatic rings. The van der Waals surface area contributed by atoms with Crippen LogP contribution in [0.1, 0.15) is 17.3 Å². The van der Waals surface area contributed by atoms with Gasteiger partial charge in [0.15, 0.2) is 0 Å². The van der Waals surface area contributed by atoms with Gasteiger partial charge in [0.05, 0.1) is 13.7 Å². The van der Waals surface area contributed by atoms with E-state index in [1.54, 1.807) is 55.6 Å². The molecule has 0 bridgehead atoms. The fraction of sp³-hybridized carbons (Fsp3) is 0.300. The Kier molecular flexibility index (Phi) is 7.96. The van der Waals surface area contributed by atoms with Crippen LogP contribution in [0.4, 0.5) is 0 Å². The summed E-state index contributed by atoms with van der Waals surface area (Å²) in [5, 5.41) is 2.51. The van der Waals surface area contributed by atoms with Crippen LogP contribution < -0.4 is 19.5 Å². The molecular weight excluding hydrogens is 350 g/mol. The second kappa shape index (κ2) is 10.7. The van der Waals surface area contributed by atoms with Gasteiger partial charge in [-0.1, -0.05) is 0 Å². The Morgan fingerprint density at radius 3 is 2.07 bits per heavy atom. The number of nitrogens with one attached hydrogen (secondary N) is 1.